The number of likely N-dealkylation sites (tertiary alicyclic amines) is 1. The number of carbonyl (C=O) groups excluding carboxylic acids is 4. The molecule has 1 saturated heterocycles. The Morgan fingerprint density at radius 3 is 2.06 bits per heavy atom. The van der Waals surface area contributed by atoms with Crippen LogP contribution in [0, 0.1) is 0 Å². The Hall–Kier alpha value is -3.48. The largest absolute Gasteiger partial charge is 0.353 e. The Balaban J connectivity index is 1.18. The van der Waals surface area contributed by atoms with Gasteiger partial charge in [0.15, 0.2) is 0 Å². The number of nitrogens with one attached hydrogen (secondary N) is 1. The van der Waals surface area contributed by atoms with Crippen molar-refractivity contribution < 1.29 is 19.2 Å². The molecule has 0 atom stereocenters. The lowest BCUT2D eigenvalue weighted by molar-refractivity contribution is -0.132. The van der Waals surface area contributed by atoms with Crippen LogP contribution in [0.5, 0.6) is 0 Å². The zero-order valence-corrected chi connectivity index (χ0v) is 18.0. The molecule has 4 rings (SSSR count). The smallest absolute Gasteiger partial charge is 0.261 e. The Kier molecular flexibility index (Phi) is 6.63. The molecule has 32 heavy (non-hydrogen) atoms. The van der Waals surface area contributed by atoms with Gasteiger partial charge >= 0.3 is 0 Å². The van der Waals surface area contributed by atoms with Gasteiger partial charge in [-0.15, -0.1) is 0 Å². The summed E-state index contributed by atoms with van der Waals surface area (Å²) in [5.74, 6) is -0.717. The molecule has 0 aliphatic carbocycles. The molecule has 7 nitrogen and oxygen atoms in total. The fourth-order valence-corrected chi connectivity index (χ4v) is 4.28. The monoisotopic (exact) mass is 433 g/mol. The highest BCUT2D eigenvalue weighted by atomic mass is 16.2. The van der Waals surface area contributed by atoms with Crippen molar-refractivity contribution in [3.8, 4) is 0 Å². The quantitative estimate of drug-likeness (QED) is 0.680. The van der Waals surface area contributed by atoms with Gasteiger partial charge < -0.3 is 10.2 Å². The van der Waals surface area contributed by atoms with E-state index in [1.807, 2.05) is 30.3 Å². The van der Waals surface area contributed by atoms with Crippen LogP contribution < -0.4 is 5.32 Å². The lowest BCUT2D eigenvalue weighted by Gasteiger charge is -2.32. The van der Waals surface area contributed by atoms with Crippen molar-refractivity contribution in [1.29, 1.82) is 0 Å². The number of rotatable bonds is 7. The van der Waals surface area contributed by atoms with Crippen LogP contribution in [0.3, 0.4) is 0 Å². The van der Waals surface area contributed by atoms with Crippen molar-refractivity contribution in [1.82, 2.24) is 15.1 Å². The number of nitrogens with zero attached hydrogens (tertiary/aromatic N) is 2. The lowest BCUT2D eigenvalue weighted by Crippen LogP contribution is -2.47. The fraction of sp³-hybridized carbons (Fsp3) is 0.360. The average Bonchev–Trinajstić information content (AvgIpc) is 3.07. The minimum atomic E-state index is -0.338. The van der Waals surface area contributed by atoms with Crippen LogP contribution in [-0.4, -0.2) is 59.1 Å². The summed E-state index contributed by atoms with van der Waals surface area (Å²) < 4.78 is 0. The van der Waals surface area contributed by atoms with Gasteiger partial charge in [0.05, 0.1) is 11.1 Å². The second-order valence-corrected chi connectivity index (χ2v) is 8.27. The first-order valence-corrected chi connectivity index (χ1v) is 11.1. The first-order valence-electron chi connectivity index (χ1n) is 11.1. The van der Waals surface area contributed by atoms with Crippen LogP contribution in [-0.2, 0) is 16.0 Å². The first-order chi connectivity index (χ1) is 15.5. The Morgan fingerprint density at radius 2 is 1.44 bits per heavy atom. The molecule has 2 aromatic carbocycles. The maximum Gasteiger partial charge on any atom is 0.261 e. The van der Waals surface area contributed by atoms with E-state index in [4.69, 9.17) is 0 Å². The van der Waals surface area contributed by atoms with Crippen LogP contribution in [0.15, 0.2) is 54.6 Å². The van der Waals surface area contributed by atoms with Gasteiger partial charge in [-0.05, 0) is 37.0 Å². The molecule has 7 heteroatoms. The van der Waals surface area contributed by atoms with E-state index in [-0.39, 0.29) is 42.6 Å². The predicted octanol–water partition coefficient (Wildman–Crippen LogP) is 2.41. The summed E-state index contributed by atoms with van der Waals surface area (Å²) in [5, 5.41) is 3.07. The highest BCUT2D eigenvalue weighted by molar-refractivity contribution is 6.21. The number of hydrogen-bond donors (Lipinski definition) is 1. The number of imide groups is 1. The van der Waals surface area contributed by atoms with Gasteiger partial charge in [0.1, 0.15) is 0 Å². The molecule has 0 saturated carbocycles. The van der Waals surface area contributed by atoms with Gasteiger partial charge in [-0.2, -0.15) is 0 Å². The summed E-state index contributed by atoms with van der Waals surface area (Å²) in [7, 11) is 0. The molecular weight excluding hydrogens is 406 g/mol. The molecule has 4 amide bonds. The Bertz CT molecular complexity index is 978. The number of carbonyl (C=O) groups is 4. The van der Waals surface area contributed by atoms with E-state index in [2.05, 4.69) is 5.32 Å². The number of aryl methyl sites for hydroxylation is 1. The molecule has 1 fully saturated rings. The maximum absolute atomic E-state index is 12.6. The van der Waals surface area contributed by atoms with Crippen LogP contribution in [0.4, 0.5) is 0 Å². The summed E-state index contributed by atoms with van der Waals surface area (Å²) in [6.07, 6.45) is 2.68. The molecule has 0 aromatic heterocycles. The molecule has 0 radical (unpaired) electrons. The van der Waals surface area contributed by atoms with Gasteiger partial charge in [-0.1, -0.05) is 42.5 Å². The highest BCUT2D eigenvalue weighted by Crippen LogP contribution is 2.23. The summed E-state index contributed by atoms with van der Waals surface area (Å²) >= 11 is 0. The third-order valence-electron chi connectivity index (χ3n) is 6.12. The second-order valence-electron chi connectivity index (χ2n) is 8.27. The summed E-state index contributed by atoms with van der Waals surface area (Å²) in [5.41, 5.74) is 1.93. The number of hydrogen-bond acceptors (Lipinski definition) is 4. The zero-order valence-electron chi connectivity index (χ0n) is 18.0. The highest BCUT2D eigenvalue weighted by Gasteiger charge is 2.35. The van der Waals surface area contributed by atoms with Gasteiger partial charge in [-0.3, -0.25) is 24.1 Å². The minimum Gasteiger partial charge on any atom is -0.353 e. The molecular formula is C25H27N3O4. The van der Waals surface area contributed by atoms with E-state index < -0.39 is 0 Å². The van der Waals surface area contributed by atoms with Gasteiger partial charge in [-0.25, -0.2) is 0 Å². The Labute approximate surface area is 187 Å². The summed E-state index contributed by atoms with van der Waals surface area (Å²) in [6.45, 7) is 1.20. The second kappa shape index (κ2) is 9.77. The van der Waals surface area contributed by atoms with E-state index in [1.165, 1.54) is 0 Å². The number of piperidine rings is 1. The van der Waals surface area contributed by atoms with E-state index >= 15 is 0 Å². The molecule has 2 aliphatic rings. The van der Waals surface area contributed by atoms with Crippen molar-refractivity contribution in [2.24, 2.45) is 0 Å². The molecule has 0 spiro atoms. The summed E-state index contributed by atoms with van der Waals surface area (Å²) in [4.78, 5) is 52.6. The molecule has 1 N–H and O–H groups in total. The van der Waals surface area contributed by atoms with Crippen LogP contribution >= 0.6 is 0 Å². The van der Waals surface area contributed by atoms with Crippen LogP contribution in [0.25, 0.3) is 0 Å². The molecule has 0 unspecified atom stereocenters. The lowest BCUT2D eigenvalue weighted by atomic mass is 10.0. The van der Waals surface area contributed by atoms with Gasteiger partial charge in [0, 0.05) is 38.5 Å². The predicted molar refractivity (Wildman–Crippen MR) is 119 cm³/mol. The standard InChI is InChI=1S/C25H27N3O4/c29-22(11-10-18-6-2-1-3-7-18)26-19-12-15-27(16-13-19)23(30)14-17-28-24(31)20-8-4-5-9-21(20)25(28)32/h1-9,19H,10-17H2,(H,26,29). The fourth-order valence-electron chi connectivity index (χ4n) is 4.28. The van der Waals surface area contributed by atoms with Crippen LogP contribution in [0.1, 0.15) is 52.0 Å². The molecule has 0 bridgehead atoms. The maximum atomic E-state index is 12.6. The van der Waals surface area contributed by atoms with E-state index in [0.717, 1.165) is 10.5 Å². The average molecular weight is 434 g/mol. The van der Waals surface area contributed by atoms with Crippen molar-refractivity contribution in [2.45, 2.75) is 38.1 Å². The topological polar surface area (TPSA) is 86.8 Å². The van der Waals surface area contributed by atoms with E-state index in [0.29, 0.717) is 49.9 Å². The third-order valence-corrected chi connectivity index (χ3v) is 6.12. The molecule has 2 heterocycles. The molecule has 2 aromatic rings. The minimum absolute atomic E-state index is 0.0317. The SMILES string of the molecule is O=C(CCc1ccccc1)NC1CCN(C(=O)CCN2C(=O)c3ccccc3C2=O)CC1. The van der Waals surface area contributed by atoms with Crippen molar-refractivity contribution >= 4 is 23.6 Å². The van der Waals surface area contributed by atoms with E-state index in [1.54, 1.807) is 29.2 Å². The number of benzene rings is 2. The molecule has 2 aliphatic heterocycles. The van der Waals surface area contributed by atoms with Crippen molar-refractivity contribution in [3.05, 3.63) is 71.3 Å². The van der Waals surface area contributed by atoms with Crippen LogP contribution in [0.2, 0.25) is 0 Å². The number of amides is 4. The normalized spacial score (nSPS) is 16.2. The van der Waals surface area contributed by atoms with Crippen molar-refractivity contribution in [2.75, 3.05) is 19.6 Å². The zero-order chi connectivity index (χ0) is 22.5. The van der Waals surface area contributed by atoms with Crippen molar-refractivity contribution in [3.63, 3.8) is 0 Å². The Morgan fingerprint density at radius 1 is 0.844 bits per heavy atom. The van der Waals surface area contributed by atoms with Gasteiger partial charge in [0.25, 0.3) is 11.8 Å². The molecule has 166 valence electrons. The summed E-state index contributed by atoms with van der Waals surface area (Å²) in [6, 6.07) is 16.7. The first kappa shape index (κ1) is 21.7. The number of fused-ring (bicyclic) bond motifs is 1. The third kappa shape index (κ3) is 4.88. The van der Waals surface area contributed by atoms with E-state index in [9.17, 15) is 19.2 Å². The van der Waals surface area contributed by atoms with Gasteiger partial charge in [0.2, 0.25) is 11.8 Å².